The molecular formula is C19H26N4. The number of nitrogens with two attached hydrogens (primary N) is 1. The Kier molecular flexibility index (Phi) is 5.16. The minimum absolute atomic E-state index is 0.794. The highest BCUT2D eigenvalue weighted by molar-refractivity contribution is 5.47. The van der Waals surface area contributed by atoms with E-state index < -0.39 is 0 Å². The average molecular weight is 310 g/mol. The van der Waals surface area contributed by atoms with Crippen LogP contribution >= 0.6 is 0 Å². The maximum Gasteiger partial charge on any atom is 0.0401 e. The lowest BCUT2D eigenvalue weighted by Crippen LogP contribution is -2.43. The highest BCUT2D eigenvalue weighted by atomic mass is 15.2. The Balaban J connectivity index is 1.51. The second kappa shape index (κ2) is 7.49. The van der Waals surface area contributed by atoms with Crippen molar-refractivity contribution < 1.29 is 0 Å². The van der Waals surface area contributed by atoms with Gasteiger partial charge >= 0.3 is 0 Å². The predicted molar refractivity (Wildman–Crippen MR) is 97.4 cm³/mol. The number of nitrogen functional groups attached to an aromatic ring is 1. The van der Waals surface area contributed by atoms with Gasteiger partial charge < -0.3 is 16.0 Å². The molecule has 1 fully saturated rings. The molecule has 1 aliphatic heterocycles. The number of nitrogens with one attached hydrogen (secondary N) is 1. The molecule has 1 aliphatic rings. The first-order valence-corrected chi connectivity index (χ1v) is 8.27. The lowest BCUT2D eigenvalue weighted by Gasteiger charge is -2.32. The van der Waals surface area contributed by atoms with Crippen molar-refractivity contribution in [3.05, 3.63) is 59.7 Å². The van der Waals surface area contributed by atoms with Crippen LogP contribution in [-0.4, -0.2) is 43.0 Å². The van der Waals surface area contributed by atoms with Gasteiger partial charge in [-0.1, -0.05) is 24.3 Å². The van der Waals surface area contributed by atoms with E-state index in [1.807, 2.05) is 18.2 Å². The molecule has 0 aromatic heterocycles. The second-order valence-electron chi connectivity index (χ2n) is 6.37. The summed E-state index contributed by atoms with van der Waals surface area (Å²) < 4.78 is 0. The normalized spacial score (nSPS) is 16.4. The van der Waals surface area contributed by atoms with E-state index in [0.717, 1.165) is 37.6 Å². The molecule has 23 heavy (non-hydrogen) atoms. The molecule has 0 aliphatic carbocycles. The molecule has 0 saturated carbocycles. The van der Waals surface area contributed by atoms with Crippen molar-refractivity contribution in [1.82, 2.24) is 9.80 Å². The summed E-state index contributed by atoms with van der Waals surface area (Å²) in [6.07, 6.45) is 0. The SMILES string of the molecule is CN1CCN(Cc2ccc(NCc3cccc(N)c3)cc2)CC1. The number of nitrogens with zero attached hydrogens (tertiary/aromatic N) is 2. The van der Waals surface area contributed by atoms with Crippen LogP contribution in [0.3, 0.4) is 0 Å². The van der Waals surface area contributed by atoms with Crippen LogP contribution in [0.5, 0.6) is 0 Å². The standard InChI is InChI=1S/C19H26N4/c1-22-9-11-23(12-10-22)15-16-5-7-19(8-6-16)21-14-17-3-2-4-18(20)13-17/h2-8,13,21H,9-12,14-15,20H2,1H3. The Morgan fingerprint density at radius 3 is 2.39 bits per heavy atom. The van der Waals surface area contributed by atoms with Gasteiger partial charge in [-0.15, -0.1) is 0 Å². The van der Waals surface area contributed by atoms with Gasteiger partial charge in [-0.25, -0.2) is 0 Å². The van der Waals surface area contributed by atoms with Crippen molar-refractivity contribution in [3.63, 3.8) is 0 Å². The second-order valence-corrected chi connectivity index (χ2v) is 6.37. The zero-order valence-corrected chi connectivity index (χ0v) is 13.8. The highest BCUT2D eigenvalue weighted by Crippen LogP contribution is 2.14. The summed E-state index contributed by atoms with van der Waals surface area (Å²) >= 11 is 0. The van der Waals surface area contributed by atoms with Crippen molar-refractivity contribution in [2.24, 2.45) is 0 Å². The number of likely N-dealkylation sites (N-methyl/N-ethyl adjacent to an activating group) is 1. The molecule has 4 nitrogen and oxygen atoms in total. The maximum absolute atomic E-state index is 5.81. The number of hydrogen-bond acceptors (Lipinski definition) is 4. The molecule has 0 spiro atoms. The molecule has 0 unspecified atom stereocenters. The summed E-state index contributed by atoms with van der Waals surface area (Å²) in [5, 5.41) is 3.45. The van der Waals surface area contributed by atoms with Gasteiger partial charge in [0.2, 0.25) is 0 Å². The third-order valence-corrected chi connectivity index (χ3v) is 4.40. The average Bonchev–Trinajstić information content (AvgIpc) is 2.56. The van der Waals surface area contributed by atoms with Gasteiger partial charge in [-0.05, 0) is 42.4 Å². The summed E-state index contributed by atoms with van der Waals surface area (Å²) in [6, 6.07) is 16.8. The molecule has 2 aromatic carbocycles. The third-order valence-electron chi connectivity index (χ3n) is 4.40. The quantitative estimate of drug-likeness (QED) is 0.833. The third kappa shape index (κ3) is 4.71. The summed E-state index contributed by atoms with van der Waals surface area (Å²) in [5.74, 6) is 0. The lowest BCUT2D eigenvalue weighted by atomic mass is 10.1. The number of anilines is 2. The first kappa shape index (κ1) is 15.8. The van der Waals surface area contributed by atoms with Crippen molar-refractivity contribution in [2.45, 2.75) is 13.1 Å². The van der Waals surface area contributed by atoms with Gasteiger partial charge in [0.05, 0.1) is 0 Å². The molecule has 3 N–H and O–H groups in total. The van der Waals surface area contributed by atoms with Crippen LogP contribution in [0.4, 0.5) is 11.4 Å². The summed E-state index contributed by atoms with van der Waals surface area (Å²) in [7, 11) is 2.19. The fourth-order valence-electron chi connectivity index (χ4n) is 2.90. The molecule has 2 aromatic rings. The predicted octanol–water partition coefficient (Wildman–Crippen LogP) is 2.63. The molecule has 0 radical (unpaired) electrons. The van der Waals surface area contributed by atoms with Crippen LogP contribution < -0.4 is 11.1 Å². The monoisotopic (exact) mass is 310 g/mol. The smallest absolute Gasteiger partial charge is 0.0401 e. The fourth-order valence-corrected chi connectivity index (χ4v) is 2.90. The van der Waals surface area contributed by atoms with Crippen molar-refractivity contribution in [2.75, 3.05) is 44.3 Å². The number of rotatable bonds is 5. The van der Waals surface area contributed by atoms with Gasteiger partial charge in [-0.3, -0.25) is 4.90 Å². The van der Waals surface area contributed by atoms with Crippen LogP contribution in [-0.2, 0) is 13.1 Å². The van der Waals surface area contributed by atoms with Crippen molar-refractivity contribution >= 4 is 11.4 Å². The lowest BCUT2D eigenvalue weighted by molar-refractivity contribution is 0.148. The van der Waals surface area contributed by atoms with E-state index in [2.05, 4.69) is 52.5 Å². The van der Waals surface area contributed by atoms with Crippen LogP contribution in [0.25, 0.3) is 0 Å². The molecule has 1 saturated heterocycles. The zero-order chi connectivity index (χ0) is 16.1. The van der Waals surface area contributed by atoms with Crippen LogP contribution in [0.15, 0.2) is 48.5 Å². The molecule has 0 atom stereocenters. The summed E-state index contributed by atoms with van der Waals surface area (Å²) in [4.78, 5) is 4.91. The summed E-state index contributed by atoms with van der Waals surface area (Å²) in [6.45, 7) is 6.49. The van der Waals surface area contributed by atoms with E-state index in [-0.39, 0.29) is 0 Å². The Labute approximate surface area is 138 Å². The Morgan fingerprint density at radius 1 is 0.957 bits per heavy atom. The van der Waals surface area contributed by atoms with Crippen LogP contribution in [0, 0.1) is 0 Å². The minimum atomic E-state index is 0.794. The first-order valence-electron chi connectivity index (χ1n) is 8.27. The van der Waals surface area contributed by atoms with Crippen molar-refractivity contribution in [3.8, 4) is 0 Å². The Hall–Kier alpha value is -2.04. The Morgan fingerprint density at radius 2 is 1.70 bits per heavy atom. The molecule has 1 heterocycles. The van der Waals surface area contributed by atoms with E-state index in [4.69, 9.17) is 5.73 Å². The molecular weight excluding hydrogens is 284 g/mol. The molecule has 3 rings (SSSR count). The number of hydrogen-bond donors (Lipinski definition) is 2. The van der Waals surface area contributed by atoms with Gasteiger partial charge in [0.25, 0.3) is 0 Å². The van der Waals surface area contributed by atoms with E-state index in [9.17, 15) is 0 Å². The van der Waals surface area contributed by atoms with Gasteiger partial charge in [0.1, 0.15) is 0 Å². The Bertz CT molecular complexity index is 616. The molecule has 122 valence electrons. The van der Waals surface area contributed by atoms with Crippen LogP contribution in [0.2, 0.25) is 0 Å². The van der Waals surface area contributed by atoms with Gasteiger partial charge in [-0.2, -0.15) is 0 Å². The van der Waals surface area contributed by atoms with Gasteiger partial charge in [0.15, 0.2) is 0 Å². The summed E-state index contributed by atoms with van der Waals surface area (Å²) in [5.41, 5.74) is 10.3. The topological polar surface area (TPSA) is 44.5 Å². The van der Waals surface area contributed by atoms with E-state index in [1.54, 1.807) is 0 Å². The molecule has 0 bridgehead atoms. The van der Waals surface area contributed by atoms with E-state index in [0.29, 0.717) is 0 Å². The van der Waals surface area contributed by atoms with E-state index in [1.165, 1.54) is 24.2 Å². The molecule has 0 amide bonds. The first-order chi connectivity index (χ1) is 11.2. The largest absolute Gasteiger partial charge is 0.399 e. The van der Waals surface area contributed by atoms with Gasteiger partial charge in [0, 0.05) is 50.6 Å². The number of piperazine rings is 1. The minimum Gasteiger partial charge on any atom is -0.399 e. The maximum atomic E-state index is 5.81. The van der Waals surface area contributed by atoms with Crippen LogP contribution in [0.1, 0.15) is 11.1 Å². The fraction of sp³-hybridized carbons (Fsp3) is 0.368. The highest BCUT2D eigenvalue weighted by Gasteiger charge is 2.13. The van der Waals surface area contributed by atoms with Crippen molar-refractivity contribution in [1.29, 1.82) is 0 Å². The number of benzene rings is 2. The zero-order valence-electron chi connectivity index (χ0n) is 13.8. The molecule has 4 heteroatoms. The van der Waals surface area contributed by atoms with E-state index >= 15 is 0 Å².